The molecule has 0 aliphatic heterocycles. The monoisotopic (exact) mass is 399 g/mol. The maximum absolute atomic E-state index is 12.7. The van der Waals surface area contributed by atoms with Crippen molar-refractivity contribution in [2.75, 3.05) is 4.90 Å². The molecule has 0 spiro atoms. The highest BCUT2D eigenvalue weighted by Gasteiger charge is 2.33. The zero-order valence-corrected chi connectivity index (χ0v) is 17.4. The van der Waals surface area contributed by atoms with Crippen LogP contribution in [0.25, 0.3) is 11.4 Å². The first-order valence-electron chi connectivity index (χ1n) is 9.05. The van der Waals surface area contributed by atoms with Gasteiger partial charge in [-0.1, -0.05) is 12.1 Å². The standard InChI is InChI=1S/C21H25N3O5/c1-20(2,3)28-18(26)24(19(27)29-21(4,5)6)17-12-8-11-16(23-17)15-10-7-9-14(13-25)22-15/h7-13H,1-6H3. The number of imide groups is 1. The summed E-state index contributed by atoms with van der Waals surface area (Å²) in [6.45, 7) is 10.1. The Balaban J connectivity index is 2.48. The number of aromatic nitrogens is 2. The average Bonchev–Trinajstić information content (AvgIpc) is 2.59. The van der Waals surface area contributed by atoms with Crippen molar-refractivity contribution in [3.8, 4) is 11.4 Å². The number of nitrogens with zero attached hydrogens (tertiary/aromatic N) is 3. The molecule has 29 heavy (non-hydrogen) atoms. The van der Waals surface area contributed by atoms with Gasteiger partial charge in [0.1, 0.15) is 22.7 Å². The number of anilines is 1. The maximum Gasteiger partial charge on any atom is 0.425 e. The zero-order chi connectivity index (χ0) is 21.8. The highest BCUT2D eigenvalue weighted by Crippen LogP contribution is 2.23. The molecule has 2 amide bonds. The quantitative estimate of drug-likeness (QED) is 0.694. The SMILES string of the molecule is CC(C)(C)OC(=O)N(C(=O)OC(C)(C)C)c1cccc(-c2cccc(C=O)n2)n1. The Morgan fingerprint density at radius 3 is 1.79 bits per heavy atom. The molecular formula is C21H25N3O5. The molecule has 8 heteroatoms. The largest absolute Gasteiger partial charge is 0.443 e. The Morgan fingerprint density at radius 2 is 1.31 bits per heavy atom. The predicted molar refractivity (Wildman–Crippen MR) is 108 cm³/mol. The highest BCUT2D eigenvalue weighted by molar-refractivity contribution is 6.08. The number of pyridine rings is 2. The van der Waals surface area contributed by atoms with Crippen molar-refractivity contribution in [3.63, 3.8) is 0 Å². The first-order valence-corrected chi connectivity index (χ1v) is 9.05. The van der Waals surface area contributed by atoms with Crippen molar-refractivity contribution in [1.82, 2.24) is 9.97 Å². The van der Waals surface area contributed by atoms with Gasteiger partial charge in [-0.3, -0.25) is 4.79 Å². The van der Waals surface area contributed by atoms with Crippen LogP contribution in [0.1, 0.15) is 52.0 Å². The molecular weight excluding hydrogens is 374 g/mol. The smallest absolute Gasteiger partial charge is 0.425 e. The van der Waals surface area contributed by atoms with Gasteiger partial charge in [0.05, 0.1) is 11.4 Å². The van der Waals surface area contributed by atoms with E-state index in [0.29, 0.717) is 17.7 Å². The normalized spacial score (nSPS) is 11.5. The van der Waals surface area contributed by atoms with Crippen molar-refractivity contribution in [2.45, 2.75) is 52.7 Å². The summed E-state index contributed by atoms with van der Waals surface area (Å²) in [6.07, 6.45) is -1.20. The van der Waals surface area contributed by atoms with E-state index in [1.165, 1.54) is 6.07 Å². The van der Waals surface area contributed by atoms with Gasteiger partial charge in [0.15, 0.2) is 6.29 Å². The maximum atomic E-state index is 12.7. The summed E-state index contributed by atoms with van der Waals surface area (Å²) < 4.78 is 10.7. The first-order chi connectivity index (χ1) is 13.4. The lowest BCUT2D eigenvalue weighted by atomic mass is 10.2. The van der Waals surface area contributed by atoms with Crippen LogP contribution in [0.3, 0.4) is 0 Å². The molecule has 0 saturated carbocycles. The Kier molecular flexibility index (Phi) is 6.36. The number of carbonyl (C=O) groups excluding carboxylic acids is 3. The second-order valence-electron chi connectivity index (χ2n) is 8.24. The molecule has 2 heterocycles. The molecule has 0 fully saturated rings. The summed E-state index contributed by atoms with van der Waals surface area (Å²) in [5.74, 6) is 0.0179. The predicted octanol–water partition coefficient (Wildman–Crippen LogP) is 4.63. The van der Waals surface area contributed by atoms with Gasteiger partial charge >= 0.3 is 12.2 Å². The van der Waals surface area contributed by atoms with Gasteiger partial charge in [0, 0.05) is 0 Å². The molecule has 0 N–H and O–H groups in total. The van der Waals surface area contributed by atoms with Crippen LogP contribution in [0.5, 0.6) is 0 Å². The summed E-state index contributed by atoms with van der Waals surface area (Å²) in [5, 5.41) is 0. The van der Waals surface area contributed by atoms with Gasteiger partial charge in [-0.15, -0.1) is 0 Å². The van der Waals surface area contributed by atoms with Gasteiger partial charge in [0.25, 0.3) is 0 Å². The van der Waals surface area contributed by atoms with Crippen LogP contribution in [-0.2, 0) is 9.47 Å². The van der Waals surface area contributed by atoms with E-state index < -0.39 is 23.4 Å². The zero-order valence-electron chi connectivity index (χ0n) is 17.4. The molecule has 0 aliphatic carbocycles. The Hall–Kier alpha value is -3.29. The lowest BCUT2D eigenvalue weighted by Crippen LogP contribution is -2.44. The molecule has 0 aliphatic rings. The number of hydrogen-bond donors (Lipinski definition) is 0. The second-order valence-corrected chi connectivity index (χ2v) is 8.24. The fraction of sp³-hybridized carbons (Fsp3) is 0.381. The topological polar surface area (TPSA) is 98.7 Å². The lowest BCUT2D eigenvalue weighted by molar-refractivity contribution is 0.0429. The third-order valence-corrected chi connectivity index (χ3v) is 3.27. The van der Waals surface area contributed by atoms with Gasteiger partial charge in [-0.25, -0.2) is 19.6 Å². The summed E-state index contributed by atoms with van der Waals surface area (Å²) in [4.78, 5) is 45.8. The molecule has 2 aromatic heterocycles. The molecule has 0 aromatic carbocycles. The van der Waals surface area contributed by atoms with Crippen molar-refractivity contribution in [2.24, 2.45) is 0 Å². The van der Waals surface area contributed by atoms with E-state index in [2.05, 4.69) is 9.97 Å². The van der Waals surface area contributed by atoms with Gasteiger partial charge in [0.2, 0.25) is 0 Å². The van der Waals surface area contributed by atoms with E-state index in [4.69, 9.17) is 9.47 Å². The number of amides is 2. The lowest BCUT2D eigenvalue weighted by Gasteiger charge is -2.28. The average molecular weight is 399 g/mol. The number of ether oxygens (including phenoxy) is 2. The minimum absolute atomic E-state index is 0.0179. The fourth-order valence-corrected chi connectivity index (χ4v) is 2.23. The second kappa shape index (κ2) is 8.38. The van der Waals surface area contributed by atoms with E-state index in [9.17, 15) is 14.4 Å². The number of carbonyl (C=O) groups is 3. The molecule has 0 atom stereocenters. The summed E-state index contributed by atoms with van der Waals surface area (Å²) in [5.41, 5.74) is -0.609. The van der Waals surface area contributed by atoms with Crippen LogP contribution >= 0.6 is 0 Å². The van der Waals surface area contributed by atoms with Gasteiger partial charge in [-0.05, 0) is 65.8 Å². The van der Waals surface area contributed by atoms with E-state index >= 15 is 0 Å². The summed E-state index contributed by atoms with van der Waals surface area (Å²) >= 11 is 0. The van der Waals surface area contributed by atoms with Crippen LogP contribution in [0.2, 0.25) is 0 Å². The van der Waals surface area contributed by atoms with E-state index in [1.807, 2.05) is 0 Å². The van der Waals surface area contributed by atoms with Crippen molar-refractivity contribution < 1.29 is 23.9 Å². The first kappa shape index (κ1) is 22.0. The van der Waals surface area contributed by atoms with Crippen LogP contribution in [0.4, 0.5) is 15.4 Å². The van der Waals surface area contributed by atoms with E-state index in [1.54, 1.807) is 71.9 Å². The Morgan fingerprint density at radius 1 is 0.828 bits per heavy atom. The molecule has 0 bridgehead atoms. The highest BCUT2D eigenvalue weighted by atomic mass is 16.6. The van der Waals surface area contributed by atoms with Crippen LogP contribution in [-0.4, -0.2) is 39.6 Å². The van der Waals surface area contributed by atoms with Crippen LogP contribution in [0.15, 0.2) is 36.4 Å². The van der Waals surface area contributed by atoms with E-state index in [-0.39, 0.29) is 11.5 Å². The summed E-state index contributed by atoms with van der Waals surface area (Å²) in [6, 6.07) is 9.66. The molecule has 154 valence electrons. The van der Waals surface area contributed by atoms with Crippen LogP contribution in [0, 0.1) is 0 Å². The molecule has 8 nitrogen and oxygen atoms in total. The minimum atomic E-state index is -0.911. The molecule has 2 rings (SSSR count). The van der Waals surface area contributed by atoms with E-state index in [0.717, 1.165) is 4.90 Å². The fourth-order valence-electron chi connectivity index (χ4n) is 2.23. The van der Waals surface area contributed by atoms with Crippen molar-refractivity contribution >= 4 is 24.3 Å². The van der Waals surface area contributed by atoms with Gasteiger partial charge < -0.3 is 9.47 Å². The Bertz CT molecular complexity index is 885. The Labute approximate surface area is 169 Å². The van der Waals surface area contributed by atoms with Crippen LogP contribution < -0.4 is 4.90 Å². The molecule has 0 saturated heterocycles. The van der Waals surface area contributed by atoms with Crippen molar-refractivity contribution in [1.29, 1.82) is 0 Å². The molecule has 0 unspecified atom stereocenters. The molecule has 2 aromatic rings. The summed E-state index contributed by atoms with van der Waals surface area (Å²) in [7, 11) is 0. The number of hydrogen-bond acceptors (Lipinski definition) is 7. The molecule has 0 radical (unpaired) electrons. The number of aldehydes is 1. The third kappa shape index (κ3) is 6.38. The van der Waals surface area contributed by atoms with Gasteiger partial charge in [-0.2, -0.15) is 4.90 Å². The third-order valence-electron chi connectivity index (χ3n) is 3.27. The van der Waals surface area contributed by atoms with Crippen molar-refractivity contribution in [3.05, 3.63) is 42.1 Å². The number of rotatable bonds is 3. The minimum Gasteiger partial charge on any atom is -0.443 e.